The van der Waals surface area contributed by atoms with Crippen LogP contribution in [-0.2, 0) is 11.2 Å². The van der Waals surface area contributed by atoms with Gasteiger partial charge < -0.3 is 18.9 Å². The quantitative estimate of drug-likeness (QED) is 0.295. The third-order valence-corrected chi connectivity index (χ3v) is 5.10. The lowest BCUT2D eigenvalue weighted by Gasteiger charge is -2.11. The fourth-order valence-electron chi connectivity index (χ4n) is 3.63. The molecular weight excluding hydrogens is 479 g/mol. The fourth-order valence-corrected chi connectivity index (χ4v) is 3.63. The summed E-state index contributed by atoms with van der Waals surface area (Å²) in [5.74, 6) is 0.0568. The van der Waals surface area contributed by atoms with Gasteiger partial charge in [-0.15, -0.1) is 13.2 Å². The van der Waals surface area contributed by atoms with E-state index in [4.69, 9.17) is 14.2 Å². The number of hydrogen-bond acceptors (Lipinski definition) is 7. The molecule has 2 heterocycles. The maximum atomic E-state index is 12.5. The summed E-state index contributed by atoms with van der Waals surface area (Å²) in [5, 5.41) is 0. The molecule has 4 aromatic rings. The average Bonchev–Trinajstić information content (AvgIpc) is 3.23. The largest absolute Gasteiger partial charge is 0.573 e. The molecule has 4 rings (SSSR count). The van der Waals surface area contributed by atoms with Gasteiger partial charge in [0.1, 0.15) is 22.9 Å². The number of halogens is 3. The van der Waals surface area contributed by atoms with Crippen molar-refractivity contribution in [1.29, 1.82) is 0 Å². The van der Waals surface area contributed by atoms with Crippen LogP contribution in [0.4, 0.5) is 13.2 Å². The number of rotatable bonds is 9. The Bertz CT molecular complexity index is 1350. The van der Waals surface area contributed by atoms with Gasteiger partial charge in [-0.05, 0) is 43.3 Å². The molecule has 0 unspecified atom stereocenters. The number of imidazole rings is 1. The standard InChI is InChI=1S/C25H22F3N3O5/c1-3-34-19-6-4-5-16(15-19)21-23-30-22(24(32)33-2)20(31(23)13-12-29-21)11-14-35-17-7-9-18(10-8-17)36-25(26,27)28/h4-10,12-13,15H,3,11,14H2,1-2H3. The summed E-state index contributed by atoms with van der Waals surface area (Å²) in [6, 6.07) is 12.4. The van der Waals surface area contributed by atoms with E-state index >= 15 is 0 Å². The van der Waals surface area contributed by atoms with Gasteiger partial charge in [0, 0.05) is 24.4 Å². The molecule has 0 saturated carbocycles. The number of methoxy groups -OCH3 is 1. The van der Waals surface area contributed by atoms with Crippen molar-refractivity contribution in [3.05, 3.63) is 72.3 Å². The van der Waals surface area contributed by atoms with E-state index in [0.717, 1.165) is 17.7 Å². The number of benzene rings is 2. The number of hydrogen-bond donors (Lipinski definition) is 0. The van der Waals surface area contributed by atoms with Crippen LogP contribution in [0.1, 0.15) is 23.1 Å². The zero-order valence-corrected chi connectivity index (χ0v) is 19.4. The summed E-state index contributed by atoms with van der Waals surface area (Å²) in [6.07, 6.45) is -1.23. The first-order chi connectivity index (χ1) is 17.3. The summed E-state index contributed by atoms with van der Waals surface area (Å²) in [6.45, 7) is 2.52. The predicted octanol–water partition coefficient (Wildman–Crippen LogP) is 5.10. The van der Waals surface area contributed by atoms with Crippen LogP contribution in [-0.4, -0.2) is 47.0 Å². The summed E-state index contributed by atoms with van der Waals surface area (Å²) in [5.41, 5.74) is 2.42. The van der Waals surface area contributed by atoms with E-state index in [1.54, 1.807) is 16.8 Å². The van der Waals surface area contributed by atoms with Crippen molar-refractivity contribution in [1.82, 2.24) is 14.4 Å². The molecule has 0 aliphatic heterocycles. The molecule has 0 N–H and O–H groups in total. The van der Waals surface area contributed by atoms with Crippen molar-refractivity contribution >= 4 is 11.6 Å². The number of aromatic nitrogens is 3. The second kappa shape index (κ2) is 10.5. The Morgan fingerprint density at radius 2 is 1.78 bits per heavy atom. The van der Waals surface area contributed by atoms with Crippen LogP contribution in [0.25, 0.3) is 16.9 Å². The molecule has 0 amide bonds. The molecule has 0 saturated heterocycles. The molecule has 11 heteroatoms. The Morgan fingerprint density at radius 1 is 1.03 bits per heavy atom. The van der Waals surface area contributed by atoms with E-state index in [9.17, 15) is 18.0 Å². The summed E-state index contributed by atoms with van der Waals surface area (Å²) < 4.78 is 58.8. The Kier molecular flexibility index (Phi) is 7.28. The van der Waals surface area contributed by atoms with Crippen molar-refractivity contribution < 1.29 is 36.9 Å². The monoisotopic (exact) mass is 501 g/mol. The molecular formula is C25H22F3N3O5. The van der Waals surface area contributed by atoms with Gasteiger partial charge in [0.2, 0.25) is 0 Å². The van der Waals surface area contributed by atoms with Crippen molar-refractivity contribution in [2.24, 2.45) is 0 Å². The van der Waals surface area contributed by atoms with Crippen LogP contribution >= 0.6 is 0 Å². The van der Waals surface area contributed by atoms with E-state index in [1.165, 1.54) is 19.2 Å². The molecule has 0 bridgehead atoms. The number of esters is 1. The summed E-state index contributed by atoms with van der Waals surface area (Å²) >= 11 is 0. The van der Waals surface area contributed by atoms with E-state index in [-0.39, 0.29) is 24.5 Å². The van der Waals surface area contributed by atoms with Crippen LogP contribution < -0.4 is 14.2 Å². The molecule has 188 valence electrons. The number of nitrogens with zero attached hydrogens (tertiary/aromatic N) is 3. The van der Waals surface area contributed by atoms with Gasteiger partial charge in [0.25, 0.3) is 0 Å². The first-order valence-corrected chi connectivity index (χ1v) is 10.9. The second-order valence-electron chi connectivity index (χ2n) is 7.45. The third kappa shape index (κ3) is 5.68. The van der Waals surface area contributed by atoms with Gasteiger partial charge in [0.15, 0.2) is 11.3 Å². The van der Waals surface area contributed by atoms with Crippen molar-refractivity contribution in [3.8, 4) is 28.5 Å². The average molecular weight is 501 g/mol. The highest BCUT2D eigenvalue weighted by Gasteiger charge is 2.31. The lowest BCUT2D eigenvalue weighted by molar-refractivity contribution is -0.274. The minimum Gasteiger partial charge on any atom is -0.494 e. The molecule has 0 fully saturated rings. The second-order valence-corrected chi connectivity index (χ2v) is 7.45. The highest BCUT2D eigenvalue weighted by molar-refractivity contribution is 5.91. The van der Waals surface area contributed by atoms with Gasteiger partial charge in [-0.3, -0.25) is 9.38 Å². The molecule has 0 atom stereocenters. The van der Waals surface area contributed by atoms with Crippen LogP contribution in [0.15, 0.2) is 60.9 Å². The number of ether oxygens (including phenoxy) is 4. The van der Waals surface area contributed by atoms with Crippen LogP contribution in [0.3, 0.4) is 0 Å². The lowest BCUT2D eigenvalue weighted by atomic mass is 10.1. The number of fused-ring (bicyclic) bond motifs is 1. The molecule has 2 aromatic heterocycles. The zero-order valence-electron chi connectivity index (χ0n) is 19.4. The van der Waals surface area contributed by atoms with E-state index < -0.39 is 12.3 Å². The Labute approximate surface area is 204 Å². The minimum absolute atomic E-state index is 0.116. The van der Waals surface area contributed by atoms with Crippen molar-refractivity contribution in [2.45, 2.75) is 19.7 Å². The fraction of sp³-hybridized carbons (Fsp3) is 0.240. The molecule has 0 aliphatic rings. The summed E-state index contributed by atoms with van der Waals surface area (Å²) in [4.78, 5) is 21.5. The first kappa shape index (κ1) is 24.8. The molecule has 36 heavy (non-hydrogen) atoms. The smallest absolute Gasteiger partial charge is 0.494 e. The van der Waals surface area contributed by atoms with Gasteiger partial charge >= 0.3 is 12.3 Å². The Hall–Kier alpha value is -4.28. The maximum absolute atomic E-state index is 12.5. The normalized spacial score (nSPS) is 11.4. The summed E-state index contributed by atoms with van der Waals surface area (Å²) in [7, 11) is 1.27. The minimum atomic E-state index is -4.77. The maximum Gasteiger partial charge on any atom is 0.573 e. The highest BCUT2D eigenvalue weighted by Crippen LogP contribution is 2.28. The van der Waals surface area contributed by atoms with E-state index in [1.807, 2.05) is 31.2 Å². The Morgan fingerprint density at radius 3 is 2.47 bits per heavy atom. The molecule has 0 spiro atoms. The number of alkyl halides is 3. The van der Waals surface area contributed by atoms with Crippen LogP contribution in [0.2, 0.25) is 0 Å². The van der Waals surface area contributed by atoms with E-state index in [0.29, 0.717) is 35.1 Å². The predicted molar refractivity (Wildman–Crippen MR) is 123 cm³/mol. The topological polar surface area (TPSA) is 84.2 Å². The first-order valence-electron chi connectivity index (χ1n) is 10.9. The van der Waals surface area contributed by atoms with Gasteiger partial charge in [-0.25, -0.2) is 9.78 Å². The van der Waals surface area contributed by atoms with Crippen LogP contribution in [0, 0.1) is 0 Å². The van der Waals surface area contributed by atoms with Crippen molar-refractivity contribution in [2.75, 3.05) is 20.3 Å². The Balaban J connectivity index is 1.60. The van der Waals surface area contributed by atoms with Gasteiger partial charge in [0.05, 0.1) is 26.0 Å². The van der Waals surface area contributed by atoms with Crippen LogP contribution in [0.5, 0.6) is 17.2 Å². The lowest BCUT2D eigenvalue weighted by Crippen LogP contribution is -2.17. The van der Waals surface area contributed by atoms with E-state index in [2.05, 4.69) is 14.7 Å². The molecule has 0 aliphatic carbocycles. The molecule has 0 radical (unpaired) electrons. The molecule has 2 aromatic carbocycles. The number of carbonyl (C=O) groups excluding carboxylic acids is 1. The van der Waals surface area contributed by atoms with Crippen molar-refractivity contribution in [3.63, 3.8) is 0 Å². The van der Waals surface area contributed by atoms with Gasteiger partial charge in [-0.2, -0.15) is 0 Å². The molecule has 8 nitrogen and oxygen atoms in total. The van der Waals surface area contributed by atoms with Gasteiger partial charge in [-0.1, -0.05) is 12.1 Å². The zero-order chi connectivity index (χ0) is 25.7. The third-order valence-electron chi connectivity index (χ3n) is 5.10. The number of carbonyl (C=O) groups is 1. The highest BCUT2D eigenvalue weighted by atomic mass is 19.4. The SMILES string of the molecule is CCOc1cccc(-c2nccn3c(CCOc4ccc(OC(F)(F)F)cc4)c(C(=O)OC)nc23)c1.